The van der Waals surface area contributed by atoms with Gasteiger partial charge in [0.2, 0.25) is 0 Å². The van der Waals surface area contributed by atoms with Crippen LogP contribution in [0.3, 0.4) is 0 Å². The average Bonchev–Trinajstić information content (AvgIpc) is 2.47. The van der Waals surface area contributed by atoms with Crippen LogP contribution in [0.15, 0.2) is 24.3 Å². The first-order valence-corrected chi connectivity index (χ1v) is 7.18. The molecule has 4 nitrogen and oxygen atoms in total. The normalized spacial score (nSPS) is 17.4. The average molecular weight is 277 g/mol. The number of fused-ring (bicyclic) bond motifs is 1. The number of carbonyl (C=O) groups excluding carboxylic acids is 1. The molecule has 1 atom stereocenters. The van der Waals surface area contributed by atoms with Gasteiger partial charge in [0.25, 0.3) is 0 Å². The van der Waals surface area contributed by atoms with Crippen molar-refractivity contribution in [2.24, 2.45) is 0 Å². The molecule has 0 aromatic heterocycles. The van der Waals surface area contributed by atoms with Gasteiger partial charge in [-0.05, 0) is 38.1 Å². The SMILES string of the molecule is COC(=O)CCCN(C)CC1CCOc2ccccc21. The zero-order chi connectivity index (χ0) is 14.4. The van der Waals surface area contributed by atoms with Gasteiger partial charge in [-0.2, -0.15) is 0 Å². The number of esters is 1. The largest absolute Gasteiger partial charge is 0.493 e. The Hall–Kier alpha value is -1.55. The number of benzene rings is 1. The van der Waals surface area contributed by atoms with E-state index in [1.807, 2.05) is 12.1 Å². The molecule has 1 aliphatic rings. The Balaban J connectivity index is 1.83. The molecule has 110 valence electrons. The quantitative estimate of drug-likeness (QED) is 0.749. The minimum atomic E-state index is -0.130. The summed E-state index contributed by atoms with van der Waals surface area (Å²) < 4.78 is 10.3. The van der Waals surface area contributed by atoms with Gasteiger partial charge in [0, 0.05) is 18.9 Å². The third kappa shape index (κ3) is 3.97. The molecular formula is C16H23NO3. The van der Waals surface area contributed by atoms with E-state index in [1.54, 1.807) is 0 Å². The van der Waals surface area contributed by atoms with Crippen LogP contribution in [-0.4, -0.2) is 44.7 Å². The summed E-state index contributed by atoms with van der Waals surface area (Å²) in [6.45, 7) is 2.70. The lowest BCUT2D eigenvalue weighted by molar-refractivity contribution is -0.140. The fraction of sp³-hybridized carbons (Fsp3) is 0.562. The molecule has 1 aromatic carbocycles. The molecule has 1 aromatic rings. The van der Waals surface area contributed by atoms with Crippen molar-refractivity contribution in [3.8, 4) is 5.75 Å². The maximum absolute atomic E-state index is 11.1. The number of hydrogen-bond donors (Lipinski definition) is 0. The van der Waals surface area contributed by atoms with Crippen molar-refractivity contribution < 1.29 is 14.3 Å². The molecule has 0 fully saturated rings. The first-order valence-electron chi connectivity index (χ1n) is 7.18. The molecule has 1 heterocycles. The van der Waals surface area contributed by atoms with Crippen molar-refractivity contribution in [2.45, 2.75) is 25.2 Å². The van der Waals surface area contributed by atoms with Gasteiger partial charge in [-0.25, -0.2) is 0 Å². The van der Waals surface area contributed by atoms with Gasteiger partial charge in [0.1, 0.15) is 5.75 Å². The van der Waals surface area contributed by atoms with E-state index in [2.05, 4.69) is 28.8 Å². The van der Waals surface area contributed by atoms with Crippen molar-refractivity contribution in [3.63, 3.8) is 0 Å². The second-order valence-electron chi connectivity index (χ2n) is 5.31. The topological polar surface area (TPSA) is 38.8 Å². The van der Waals surface area contributed by atoms with Gasteiger partial charge in [-0.1, -0.05) is 18.2 Å². The summed E-state index contributed by atoms with van der Waals surface area (Å²) in [7, 11) is 3.54. The molecular weight excluding hydrogens is 254 g/mol. The Morgan fingerprint density at radius 3 is 3.05 bits per heavy atom. The molecule has 1 unspecified atom stereocenters. The highest BCUT2D eigenvalue weighted by Gasteiger charge is 2.22. The number of carbonyl (C=O) groups is 1. The first kappa shape index (κ1) is 14.9. The van der Waals surface area contributed by atoms with E-state index in [4.69, 9.17) is 4.74 Å². The highest BCUT2D eigenvalue weighted by molar-refractivity contribution is 5.69. The molecule has 4 heteroatoms. The first-order chi connectivity index (χ1) is 9.70. The minimum Gasteiger partial charge on any atom is -0.493 e. The second-order valence-corrected chi connectivity index (χ2v) is 5.31. The summed E-state index contributed by atoms with van der Waals surface area (Å²) in [5.41, 5.74) is 1.30. The molecule has 20 heavy (non-hydrogen) atoms. The maximum Gasteiger partial charge on any atom is 0.305 e. The lowest BCUT2D eigenvalue weighted by Gasteiger charge is -2.29. The predicted octanol–water partition coefficient (Wildman–Crippen LogP) is 2.44. The van der Waals surface area contributed by atoms with E-state index in [-0.39, 0.29) is 5.97 Å². The third-order valence-electron chi connectivity index (χ3n) is 3.76. The van der Waals surface area contributed by atoms with Crippen LogP contribution in [0.2, 0.25) is 0 Å². The summed E-state index contributed by atoms with van der Waals surface area (Å²) in [5, 5.41) is 0. The van der Waals surface area contributed by atoms with Crippen LogP contribution in [-0.2, 0) is 9.53 Å². The van der Waals surface area contributed by atoms with Crippen molar-refractivity contribution in [2.75, 3.05) is 33.9 Å². The van der Waals surface area contributed by atoms with Crippen LogP contribution in [0.4, 0.5) is 0 Å². The minimum absolute atomic E-state index is 0.130. The van der Waals surface area contributed by atoms with Gasteiger partial charge in [0.15, 0.2) is 0 Å². The molecule has 0 bridgehead atoms. The van der Waals surface area contributed by atoms with Gasteiger partial charge >= 0.3 is 5.97 Å². The summed E-state index contributed by atoms with van der Waals surface area (Å²) in [6, 6.07) is 8.28. The number of nitrogens with zero attached hydrogens (tertiary/aromatic N) is 1. The van der Waals surface area contributed by atoms with Crippen molar-refractivity contribution in [1.29, 1.82) is 0 Å². The van der Waals surface area contributed by atoms with Gasteiger partial charge in [-0.15, -0.1) is 0 Å². The highest BCUT2D eigenvalue weighted by atomic mass is 16.5. The second kappa shape index (κ2) is 7.29. The predicted molar refractivity (Wildman–Crippen MR) is 78.0 cm³/mol. The number of hydrogen-bond acceptors (Lipinski definition) is 4. The number of rotatable bonds is 6. The highest BCUT2D eigenvalue weighted by Crippen LogP contribution is 2.33. The van der Waals surface area contributed by atoms with Crippen LogP contribution in [0.25, 0.3) is 0 Å². The molecule has 0 saturated carbocycles. The Labute approximate surface area is 120 Å². The van der Waals surface area contributed by atoms with Crippen molar-refractivity contribution >= 4 is 5.97 Å². The molecule has 0 saturated heterocycles. The Morgan fingerprint density at radius 2 is 2.25 bits per heavy atom. The Bertz CT molecular complexity index is 447. The molecule has 0 spiro atoms. The van der Waals surface area contributed by atoms with Crippen molar-refractivity contribution in [3.05, 3.63) is 29.8 Å². The van der Waals surface area contributed by atoms with E-state index < -0.39 is 0 Å². The number of likely N-dealkylation sites (N-methyl/N-ethyl adjacent to an activating group) is 1. The smallest absolute Gasteiger partial charge is 0.305 e. The van der Waals surface area contributed by atoms with Crippen LogP contribution in [0, 0.1) is 0 Å². The zero-order valence-corrected chi connectivity index (χ0v) is 12.3. The fourth-order valence-electron chi connectivity index (χ4n) is 2.67. The molecule has 2 rings (SSSR count). The lowest BCUT2D eigenvalue weighted by Crippen LogP contribution is -2.29. The summed E-state index contributed by atoms with van der Waals surface area (Å²) in [5.74, 6) is 1.41. The Morgan fingerprint density at radius 1 is 1.45 bits per heavy atom. The van der Waals surface area contributed by atoms with Gasteiger partial charge < -0.3 is 14.4 Å². The van der Waals surface area contributed by atoms with E-state index in [0.717, 1.165) is 38.3 Å². The maximum atomic E-state index is 11.1. The Kier molecular flexibility index (Phi) is 5.41. The lowest BCUT2D eigenvalue weighted by atomic mass is 9.92. The molecule has 0 N–H and O–H groups in total. The number of ether oxygens (including phenoxy) is 2. The molecule has 1 aliphatic heterocycles. The summed E-state index contributed by atoms with van der Waals surface area (Å²) in [6.07, 6.45) is 2.39. The van der Waals surface area contributed by atoms with E-state index >= 15 is 0 Å². The molecule has 0 aliphatic carbocycles. The van der Waals surface area contributed by atoms with Crippen molar-refractivity contribution in [1.82, 2.24) is 4.90 Å². The molecule has 0 amide bonds. The number of para-hydroxylation sites is 1. The van der Waals surface area contributed by atoms with Gasteiger partial charge in [-0.3, -0.25) is 4.79 Å². The molecule has 0 radical (unpaired) electrons. The van der Waals surface area contributed by atoms with Crippen LogP contribution >= 0.6 is 0 Å². The van der Waals surface area contributed by atoms with E-state index in [0.29, 0.717) is 12.3 Å². The standard InChI is InChI=1S/C16H23NO3/c1-17(10-5-8-16(18)19-2)12-13-9-11-20-15-7-4-3-6-14(13)15/h3-4,6-7,13H,5,8-12H2,1-2H3. The van der Waals surface area contributed by atoms with Crippen LogP contribution in [0.5, 0.6) is 5.75 Å². The zero-order valence-electron chi connectivity index (χ0n) is 12.3. The number of methoxy groups -OCH3 is 1. The van der Waals surface area contributed by atoms with Crippen LogP contribution in [0.1, 0.15) is 30.7 Å². The summed E-state index contributed by atoms with van der Waals surface area (Å²) in [4.78, 5) is 13.4. The third-order valence-corrected chi connectivity index (χ3v) is 3.76. The van der Waals surface area contributed by atoms with Crippen LogP contribution < -0.4 is 4.74 Å². The van der Waals surface area contributed by atoms with E-state index in [9.17, 15) is 4.79 Å². The van der Waals surface area contributed by atoms with Gasteiger partial charge in [0.05, 0.1) is 13.7 Å². The van der Waals surface area contributed by atoms with E-state index in [1.165, 1.54) is 12.7 Å². The monoisotopic (exact) mass is 277 g/mol. The summed E-state index contributed by atoms with van der Waals surface area (Å²) >= 11 is 0. The fourth-order valence-corrected chi connectivity index (χ4v) is 2.67.